The van der Waals surface area contributed by atoms with Crippen LogP contribution in [0.1, 0.15) is 0 Å². The normalized spacial score (nSPS) is 11.6. The second-order valence-corrected chi connectivity index (χ2v) is 15.7. The van der Waals surface area contributed by atoms with Crippen molar-refractivity contribution >= 4 is 71.6 Å². The monoisotopic (exact) mass is 778 g/mol. The van der Waals surface area contributed by atoms with Crippen molar-refractivity contribution in [2.24, 2.45) is 0 Å². The highest BCUT2D eigenvalue weighted by molar-refractivity contribution is 6.13. The first-order valence-electron chi connectivity index (χ1n) is 20.8. The number of para-hydroxylation sites is 3. The van der Waals surface area contributed by atoms with Gasteiger partial charge in [-0.2, -0.15) is 0 Å². The molecule has 0 fully saturated rings. The predicted molar refractivity (Wildman–Crippen MR) is 257 cm³/mol. The van der Waals surface area contributed by atoms with Crippen molar-refractivity contribution in [3.63, 3.8) is 0 Å². The smallest absolute Gasteiger partial charge is 0.143 e. The van der Waals surface area contributed by atoms with Crippen molar-refractivity contribution in [1.29, 1.82) is 0 Å². The van der Waals surface area contributed by atoms with Gasteiger partial charge in [0.15, 0.2) is 0 Å². The molecule has 286 valence electrons. The molecule has 0 bridgehead atoms. The van der Waals surface area contributed by atoms with Crippen molar-refractivity contribution in [2.45, 2.75) is 0 Å². The molecule has 0 spiro atoms. The standard InChI is InChI=1S/C58H38N2O/c1-3-14-39(15-4-1)43-30-35-56-53(36-43)50-21-9-11-24-55(50)60(56)47-37-52(58-54(38-47)51-22-10-12-25-57(51)61-58)42-28-33-46(34-29-42)59(44-18-5-2-6-19-44)45-31-26-41(27-32-45)49-23-13-17-40-16-7-8-20-48(40)49/h1-38H. The van der Waals surface area contributed by atoms with E-state index in [2.05, 4.69) is 234 Å². The number of hydrogen-bond acceptors (Lipinski definition) is 2. The summed E-state index contributed by atoms with van der Waals surface area (Å²) in [6.45, 7) is 0. The first-order chi connectivity index (χ1) is 30.2. The molecule has 0 aliphatic heterocycles. The van der Waals surface area contributed by atoms with Crippen LogP contribution in [0.15, 0.2) is 235 Å². The van der Waals surface area contributed by atoms with Gasteiger partial charge in [0.1, 0.15) is 11.2 Å². The summed E-state index contributed by atoms with van der Waals surface area (Å²) in [5.41, 5.74) is 15.4. The Morgan fingerprint density at radius 2 is 0.902 bits per heavy atom. The van der Waals surface area contributed by atoms with Gasteiger partial charge in [-0.3, -0.25) is 0 Å². The van der Waals surface area contributed by atoms with Gasteiger partial charge in [0, 0.05) is 49.9 Å². The summed E-state index contributed by atoms with van der Waals surface area (Å²) >= 11 is 0. The number of anilines is 3. The lowest BCUT2D eigenvalue weighted by molar-refractivity contribution is 0.670. The van der Waals surface area contributed by atoms with Gasteiger partial charge in [-0.15, -0.1) is 0 Å². The number of nitrogens with zero attached hydrogens (tertiary/aromatic N) is 2. The quantitative estimate of drug-likeness (QED) is 0.161. The van der Waals surface area contributed by atoms with Crippen LogP contribution in [0.2, 0.25) is 0 Å². The number of benzene rings is 10. The lowest BCUT2D eigenvalue weighted by Crippen LogP contribution is -2.09. The average molecular weight is 779 g/mol. The maximum atomic E-state index is 6.72. The minimum Gasteiger partial charge on any atom is -0.455 e. The first kappa shape index (κ1) is 34.9. The van der Waals surface area contributed by atoms with Gasteiger partial charge in [0.25, 0.3) is 0 Å². The van der Waals surface area contributed by atoms with Crippen LogP contribution in [0.5, 0.6) is 0 Å². The molecular weight excluding hydrogens is 741 g/mol. The molecule has 0 aliphatic carbocycles. The zero-order valence-electron chi connectivity index (χ0n) is 33.2. The highest BCUT2D eigenvalue weighted by Crippen LogP contribution is 2.43. The van der Waals surface area contributed by atoms with Crippen LogP contribution >= 0.6 is 0 Å². The van der Waals surface area contributed by atoms with Crippen LogP contribution in [-0.2, 0) is 0 Å². The van der Waals surface area contributed by atoms with E-state index in [4.69, 9.17) is 4.42 Å². The van der Waals surface area contributed by atoms with Crippen LogP contribution in [0.4, 0.5) is 17.1 Å². The van der Waals surface area contributed by atoms with Crippen LogP contribution in [-0.4, -0.2) is 4.57 Å². The molecular formula is C58H38N2O. The minimum absolute atomic E-state index is 0.879. The van der Waals surface area contributed by atoms with E-state index in [9.17, 15) is 0 Å². The molecule has 2 aromatic heterocycles. The molecule has 10 aromatic carbocycles. The topological polar surface area (TPSA) is 21.3 Å². The Labute approximate surface area is 353 Å². The Hall–Kier alpha value is -8.14. The lowest BCUT2D eigenvalue weighted by Gasteiger charge is -2.26. The largest absolute Gasteiger partial charge is 0.455 e. The summed E-state index contributed by atoms with van der Waals surface area (Å²) in [5.74, 6) is 0. The zero-order chi connectivity index (χ0) is 40.3. The van der Waals surface area contributed by atoms with Crippen molar-refractivity contribution in [1.82, 2.24) is 4.57 Å². The summed E-state index contributed by atoms with van der Waals surface area (Å²) in [6.07, 6.45) is 0. The Balaban J connectivity index is 0.994. The molecule has 0 saturated heterocycles. The van der Waals surface area contributed by atoms with E-state index < -0.39 is 0 Å². The van der Waals surface area contributed by atoms with Gasteiger partial charge in [-0.1, -0.05) is 158 Å². The molecule has 3 heteroatoms. The first-order valence-corrected chi connectivity index (χ1v) is 20.8. The fourth-order valence-electron chi connectivity index (χ4n) is 9.30. The number of fused-ring (bicyclic) bond motifs is 7. The Morgan fingerprint density at radius 3 is 1.67 bits per heavy atom. The van der Waals surface area contributed by atoms with Crippen LogP contribution in [0, 0.1) is 0 Å². The Morgan fingerprint density at radius 1 is 0.328 bits per heavy atom. The minimum atomic E-state index is 0.879. The highest BCUT2D eigenvalue weighted by atomic mass is 16.3. The van der Waals surface area contributed by atoms with Gasteiger partial charge in [0.05, 0.1) is 11.0 Å². The highest BCUT2D eigenvalue weighted by Gasteiger charge is 2.20. The molecule has 2 heterocycles. The maximum Gasteiger partial charge on any atom is 0.143 e. The predicted octanol–water partition coefficient (Wildman–Crippen LogP) is 16.3. The molecule has 0 aliphatic rings. The van der Waals surface area contributed by atoms with E-state index in [1.807, 2.05) is 6.07 Å². The molecule has 0 amide bonds. The molecule has 0 radical (unpaired) electrons. The number of rotatable bonds is 7. The van der Waals surface area contributed by atoms with Crippen molar-refractivity contribution < 1.29 is 4.42 Å². The summed E-state index contributed by atoms with van der Waals surface area (Å²) in [7, 11) is 0. The van der Waals surface area contributed by atoms with Gasteiger partial charge in [0.2, 0.25) is 0 Å². The van der Waals surface area contributed by atoms with Gasteiger partial charge >= 0.3 is 0 Å². The van der Waals surface area contributed by atoms with Crippen molar-refractivity contribution in [3.05, 3.63) is 231 Å². The van der Waals surface area contributed by atoms with Crippen LogP contribution in [0.3, 0.4) is 0 Å². The van der Waals surface area contributed by atoms with E-state index in [0.717, 1.165) is 55.8 Å². The third-order valence-corrected chi connectivity index (χ3v) is 12.2. The van der Waals surface area contributed by atoms with E-state index in [0.29, 0.717) is 0 Å². The number of furan rings is 1. The molecule has 0 unspecified atom stereocenters. The van der Waals surface area contributed by atoms with Gasteiger partial charge < -0.3 is 13.9 Å². The SMILES string of the molecule is c1ccc(-c2ccc3c(c2)c2ccccc2n3-c2cc(-c3ccc(N(c4ccccc4)c4ccc(-c5cccc6ccccc56)cc4)cc3)c3oc4ccccc4c3c2)cc1. The van der Waals surface area contributed by atoms with E-state index in [1.165, 1.54) is 54.8 Å². The average Bonchev–Trinajstić information content (AvgIpc) is 3.88. The summed E-state index contributed by atoms with van der Waals surface area (Å²) in [5, 5.41) is 7.15. The van der Waals surface area contributed by atoms with Gasteiger partial charge in [-0.25, -0.2) is 0 Å². The molecule has 12 aromatic rings. The van der Waals surface area contributed by atoms with E-state index in [1.54, 1.807) is 0 Å². The number of hydrogen-bond donors (Lipinski definition) is 0. The van der Waals surface area contributed by atoms with Crippen molar-refractivity contribution in [2.75, 3.05) is 4.90 Å². The van der Waals surface area contributed by atoms with Gasteiger partial charge in [-0.05, 0) is 111 Å². The zero-order valence-corrected chi connectivity index (χ0v) is 33.2. The molecule has 3 nitrogen and oxygen atoms in total. The fourth-order valence-corrected chi connectivity index (χ4v) is 9.30. The molecule has 61 heavy (non-hydrogen) atoms. The second kappa shape index (κ2) is 14.3. The Bertz CT molecular complexity index is 3560. The molecule has 0 atom stereocenters. The summed E-state index contributed by atoms with van der Waals surface area (Å²) in [4.78, 5) is 2.33. The molecule has 0 saturated carbocycles. The molecule has 0 N–H and O–H groups in total. The van der Waals surface area contributed by atoms with Crippen LogP contribution in [0.25, 0.3) is 93.6 Å². The second-order valence-electron chi connectivity index (χ2n) is 15.7. The fraction of sp³-hybridized carbons (Fsp3) is 0. The lowest BCUT2D eigenvalue weighted by atomic mass is 9.98. The maximum absolute atomic E-state index is 6.72. The summed E-state index contributed by atoms with van der Waals surface area (Å²) in [6, 6.07) is 82.8. The van der Waals surface area contributed by atoms with Crippen molar-refractivity contribution in [3.8, 4) is 39.1 Å². The third-order valence-electron chi connectivity index (χ3n) is 12.2. The van der Waals surface area contributed by atoms with Crippen LogP contribution < -0.4 is 4.90 Å². The third kappa shape index (κ3) is 5.90. The number of aromatic nitrogens is 1. The summed E-state index contributed by atoms with van der Waals surface area (Å²) < 4.78 is 9.14. The Kier molecular flexibility index (Phi) is 8.17. The van der Waals surface area contributed by atoms with E-state index >= 15 is 0 Å². The molecule has 12 rings (SSSR count). The van der Waals surface area contributed by atoms with E-state index in [-0.39, 0.29) is 0 Å².